The number of rotatable bonds is 5. The monoisotopic (exact) mass is 306 g/mol. The van der Waals surface area contributed by atoms with E-state index in [9.17, 15) is 0 Å². The Labute approximate surface area is 129 Å². The lowest BCUT2D eigenvalue weighted by molar-refractivity contribution is -0.00000461. The van der Waals surface area contributed by atoms with Crippen LogP contribution in [0.4, 0.5) is 5.69 Å². The molecular formula is C15H28Cl2N2. The van der Waals surface area contributed by atoms with E-state index in [1.807, 2.05) is 0 Å². The van der Waals surface area contributed by atoms with E-state index < -0.39 is 0 Å². The highest BCUT2D eigenvalue weighted by Gasteiger charge is 2.36. The minimum absolute atomic E-state index is 0. The summed E-state index contributed by atoms with van der Waals surface area (Å²) in [5.41, 5.74) is 1.25. The second-order valence-electron chi connectivity index (χ2n) is 6.20. The van der Waals surface area contributed by atoms with Crippen molar-refractivity contribution >= 4 is 17.3 Å². The summed E-state index contributed by atoms with van der Waals surface area (Å²) in [6.45, 7) is 17.8. The molecule has 0 unspecified atom stereocenters. The van der Waals surface area contributed by atoms with Crippen molar-refractivity contribution in [2.75, 3.05) is 4.90 Å². The van der Waals surface area contributed by atoms with E-state index in [1.165, 1.54) is 11.0 Å². The van der Waals surface area contributed by atoms with E-state index in [0.717, 1.165) is 5.02 Å². The zero-order chi connectivity index (χ0) is 14.2. The van der Waals surface area contributed by atoms with Gasteiger partial charge in [0.2, 0.25) is 5.36 Å². The number of hydrogen-bond acceptors (Lipinski definition) is 1. The van der Waals surface area contributed by atoms with Crippen molar-refractivity contribution in [2.24, 2.45) is 0 Å². The van der Waals surface area contributed by atoms with Gasteiger partial charge in [-0.1, -0.05) is 11.6 Å². The quantitative estimate of drug-likeness (QED) is 0.715. The van der Waals surface area contributed by atoms with E-state index in [0.29, 0.717) is 24.2 Å². The van der Waals surface area contributed by atoms with Gasteiger partial charge < -0.3 is 17.3 Å². The zero-order valence-electron chi connectivity index (χ0n) is 13.5. The molecule has 2 nitrogen and oxygen atoms in total. The molecular weight excluding hydrogens is 279 g/mol. The second-order valence-corrected chi connectivity index (χ2v) is 6.58. The Balaban J connectivity index is 0.00000324. The number of halogens is 2. The van der Waals surface area contributed by atoms with Gasteiger partial charge in [-0.25, -0.2) is 4.58 Å². The third kappa shape index (κ3) is 3.88. The van der Waals surface area contributed by atoms with Crippen LogP contribution in [-0.4, -0.2) is 24.2 Å². The maximum atomic E-state index is 6.44. The molecule has 0 radical (unpaired) electrons. The van der Waals surface area contributed by atoms with Crippen LogP contribution in [0, 0.1) is 0 Å². The molecule has 0 aliphatic heterocycles. The van der Waals surface area contributed by atoms with Crippen molar-refractivity contribution in [1.82, 2.24) is 4.58 Å². The Hall–Kier alpha value is -0.210. The first-order valence-corrected chi connectivity index (χ1v) is 7.42. The molecule has 0 bridgehead atoms. The van der Waals surface area contributed by atoms with Gasteiger partial charge in [0.25, 0.3) is 0 Å². The van der Waals surface area contributed by atoms with Gasteiger partial charge in [-0.2, -0.15) is 0 Å². The molecule has 0 amide bonds. The van der Waals surface area contributed by atoms with Gasteiger partial charge in [-0.3, -0.25) is 0 Å². The molecule has 19 heavy (non-hydrogen) atoms. The molecule has 4 heteroatoms. The molecule has 0 atom stereocenters. The Kier molecular flexibility index (Phi) is 6.91. The fraction of sp³-hybridized carbons (Fsp3) is 0.800. The maximum Gasteiger partial charge on any atom is 0.247 e. The maximum absolute atomic E-state index is 6.44. The molecule has 0 aliphatic rings. The number of nitrogens with zero attached hydrogens (tertiary/aromatic N) is 2. The lowest BCUT2D eigenvalue weighted by Gasteiger charge is -2.29. The lowest BCUT2D eigenvalue weighted by atomic mass is 10.2. The first-order chi connectivity index (χ1) is 8.20. The minimum Gasteiger partial charge on any atom is -1.00 e. The predicted octanol–water partition coefficient (Wildman–Crippen LogP) is 0.432. The molecule has 1 rings (SSSR count). The largest absolute Gasteiger partial charge is 1.00 e. The van der Waals surface area contributed by atoms with Gasteiger partial charge >= 0.3 is 0 Å². The van der Waals surface area contributed by atoms with Crippen LogP contribution < -0.4 is 27.2 Å². The lowest BCUT2D eigenvalue weighted by Crippen LogP contribution is -3.00. The van der Waals surface area contributed by atoms with Crippen molar-refractivity contribution in [3.05, 3.63) is 10.4 Å². The fourth-order valence-corrected chi connectivity index (χ4v) is 3.17. The zero-order valence-corrected chi connectivity index (χ0v) is 15.0. The Morgan fingerprint density at radius 1 is 0.842 bits per heavy atom. The van der Waals surface area contributed by atoms with Gasteiger partial charge in [-0.15, -0.1) is 0 Å². The normalized spacial score (nSPS) is 11.8. The molecule has 1 aromatic carbocycles. The SMILES string of the molecule is CC(C)N(c1c(Cl)c1=[N+](C(C)C)C(C)C)C(C)C.[Cl-]. The minimum atomic E-state index is 0. The summed E-state index contributed by atoms with van der Waals surface area (Å²) in [4.78, 5) is 2.41. The Bertz CT molecular complexity index is 406. The smallest absolute Gasteiger partial charge is 0.247 e. The van der Waals surface area contributed by atoms with Crippen molar-refractivity contribution in [3.8, 4) is 0 Å². The molecule has 0 heterocycles. The van der Waals surface area contributed by atoms with E-state index in [2.05, 4.69) is 64.9 Å². The third-order valence-corrected chi connectivity index (χ3v) is 3.68. The first kappa shape index (κ1) is 18.8. The summed E-state index contributed by atoms with van der Waals surface area (Å²) < 4.78 is 2.41. The summed E-state index contributed by atoms with van der Waals surface area (Å²) in [6, 6.07) is 1.92. The molecule has 0 aliphatic carbocycles. The van der Waals surface area contributed by atoms with Crippen LogP contribution in [0.3, 0.4) is 0 Å². The molecule has 0 N–H and O–H groups in total. The summed E-state index contributed by atoms with van der Waals surface area (Å²) >= 11 is 6.44. The van der Waals surface area contributed by atoms with E-state index >= 15 is 0 Å². The summed E-state index contributed by atoms with van der Waals surface area (Å²) in [7, 11) is 0. The Morgan fingerprint density at radius 3 is 1.47 bits per heavy atom. The van der Waals surface area contributed by atoms with Crippen LogP contribution in [0.1, 0.15) is 55.4 Å². The van der Waals surface area contributed by atoms with Gasteiger partial charge in [0.15, 0.2) is 0 Å². The third-order valence-electron chi connectivity index (χ3n) is 3.32. The molecule has 112 valence electrons. The fourth-order valence-electron chi connectivity index (χ4n) is 2.84. The number of hydrogen-bond donors (Lipinski definition) is 0. The van der Waals surface area contributed by atoms with Crippen molar-refractivity contribution in [3.63, 3.8) is 0 Å². The van der Waals surface area contributed by atoms with Crippen molar-refractivity contribution in [1.29, 1.82) is 0 Å². The van der Waals surface area contributed by atoms with Crippen LogP contribution in [0.25, 0.3) is 0 Å². The second kappa shape index (κ2) is 6.99. The predicted molar refractivity (Wildman–Crippen MR) is 82.1 cm³/mol. The van der Waals surface area contributed by atoms with Crippen LogP contribution in [-0.2, 0) is 0 Å². The van der Waals surface area contributed by atoms with Gasteiger partial charge in [-0.05, 0) is 55.4 Å². The van der Waals surface area contributed by atoms with Crippen molar-refractivity contribution < 1.29 is 12.4 Å². The molecule has 0 fully saturated rings. The van der Waals surface area contributed by atoms with Gasteiger partial charge in [0, 0.05) is 12.1 Å². The van der Waals surface area contributed by atoms with E-state index in [4.69, 9.17) is 11.6 Å². The molecule has 0 aromatic heterocycles. The van der Waals surface area contributed by atoms with E-state index in [1.54, 1.807) is 0 Å². The van der Waals surface area contributed by atoms with Gasteiger partial charge in [0.1, 0.15) is 22.8 Å². The standard InChI is InChI=1S/C15H28ClN2.ClH/c1-9(2)17(10(3)4)14-13(16)15(14)18(11(5)6)12(7)8;/h9-12H,1-8H3;1H/q+1;/p-1. The highest BCUT2D eigenvalue weighted by Crippen LogP contribution is 2.31. The van der Waals surface area contributed by atoms with Crippen LogP contribution in [0.2, 0.25) is 5.02 Å². The van der Waals surface area contributed by atoms with Crippen LogP contribution in [0.15, 0.2) is 0 Å². The van der Waals surface area contributed by atoms with Crippen molar-refractivity contribution in [2.45, 2.75) is 79.6 Å². The highest BCUT2D eigenvalue weighted by molar-refractivity contribution is 6.36. The average molecular weight is 307 g/mol. The molecule has 0 saturated carbocycles. The van der Waals surface area contributed by atoms with Crippen LogP contribution in [0.5, 0.6) is 0 Å². The highest BCUT2D eigenvalue weighted by atomic mass is 35.5. The Morgan fingerprint density at radius 2 is 1.21 bits per heavy atom. The number of anilines is 1. The topological polar surface area (TPSA) is 6.25 Å². The first-order valence-electron chi connectivity index (χ1n) is 7.04. The molecule has 1 aromatic rings. The molecule has 0 spiro atoms. The van der Waals surface area contributed by atoms with Gasteiger partial charge in [0.05, 0.1) is 0 Å². The molecule has 0 saturated heterocycles. The average Bonchev–Trinajstić information content (AvgIpc) is 2.76. The van der Waals surface area contributed by atoms with Crippen LogP contribution >= 0.6 is 11.6 Å². The van der Waals surface area contributed by atoms with E-state index in [-0.39, 0.29) is 12.4 Å². The summed E-state index contributed by atoms with van der Waals surface area (Å²) in [5.74, 6) is 0. The summed E-state index contributed by atoms with van der Waals surface area (Å²) in [6.07, 6.45) is 0. The summed E-state index contributed by atoms with van der Waals surface area (Å²) in [5, 5.41) is 2.21.